The van der Waals surface area contributed by atoms with Crippen LogP contribution in [-0.2, 0) is 10.2 Å². The van der Waals surface area contributed by atoms with E-state index in [1.54, 1.807) is 18.5 Å². The van der Waals surface area contributed by atoms with Gasteiger partial charge in [-0.05, 0) is 61.6 Å². The standard InChI is InChI=1S/C26H26F3N5O/c1-5-25(16-8-6-7-15(11-16)17-9-10-30-13-14(17)2)19-18(12-24(3,4)32-23(19)35)31-22-20(25)21(33-34-22)26(27,28)29/h6-11,13,22,31H,5,12H2,1-4H3,(H,32,35)/t22?,25-/m0/s1. The Kier molecular flexibility index (Phi) is 5.16. The molecule has 1 aromatic heterocycles. The minimum absolute atomic E-state index is 0.0234. The second-order valence-corrected chi connectivity index (χ2v) is 9.92. The lowest BCUT2D eigenvalue weighted by atomic mass is 9.61. The van der Waals surface area contributed by atoms with Gasteiger partial charge in [-0.2, -0.15) is 18.3 Å². The quantitative estimate of drug-likeness (QED) is 0.610. The summed E-state index contributed by atoms with van der Waals surface area (Å²) in [4.78, 5) is 17.7. The van der Waals surface area contributed by atoms with Gasteiger partial charge in [0.2, 0.25) is 0 Å². The van der Waals surface area contributed by atoms with Crippen LogP contribution in [0.1, 0.15) is 44.7 Å². The van der Waals surface area contributed by atoms with E-state index in [1.165, 1.54) is 0 Å². The van der Waals surface area contributed by atoms with Gasteiger partial charge in [0.1, 0.15) is 0 Å². The van der Waals surface area contributed by atoms with Crippen molar-refractivity contribution in [3.8, 4) is 11.1 Å². The van der Waals surface area contributed by atoms with Crippen molar-refractivity contribution in [2.75, 3.05) is 0 Å². The number of carbonyl (C=O) groups is 1. The number of pyridine rings is 1. The van der Waals surface area contributed by atoms with Crippen LogP contribution in [0.15, 0.2) is 75.5 Å². The van der Waals surface area contributed by atoms with E-state index in [-0.39, 0.29) is 17.9 Å². The molecule has 2 atom stereocenters. The fourth-order valence-electron chi connectivity index (χ4n) is 5.68. The average molecular weight is 482 g/mol. The number of nitrogens with one attached hydrogen (secondary N) is 2. The zero-order valence-electron chi connectivity index (χ0n) is 19.9. The number of rotatable bonds is 3. The first kappa shape index (κ1) is 23.3. The number of hydrogen-bond acceptors (Lipinski definition) is 5. The monoisotopic (exact) mass is 481 g/mol. The summed E-state index contributed by atoms with van der Waals surface area (Å²) in [7, 11) is 0. The van der Waals surface area contributed by atoms with Crippen LogP contribution in [0, 0.1) is 6.92 Å². The third-order valence-corrected chi connectivity index (χ3v) is 7.08. The highest BCUT2D eigenvalue weighted by Gasteiger charge is 2.57. The van der Waals surface area contributed by atoms with Gasteiger partial charge < -0.3 is 10.6 Å². The smallest absolute Gasteiger partial charge is 0.362 e. The Hall–Kier alpha value is -3.49. The first-order valence-corrected chi connectivity index (χ1v) is 11.5. The molecule has 35 heavy (non-hydrogen) atoms. The zero-order valence-corrected chi connectivity index (χ0v) is 19.9. The molecule has 1 unspecified atom stereocenters. The van der Waals surface area contributed by atoms with E-state index < -0.39 is 29.0 Å². The number of carbonyl (C=O) groups excluding carboxylic acids is 1. The molecule has 0 fully saturated rings. The highest BCUT2D eigenvalue weighted by Crippen LogP contribution is 2.55. The van der Waals surface area contributed by atoms with Gasteiger partial charge in [0.05, 0.1) is 11.0 Å². The number of aryl methyl sites for hydroxylation is 1. The van der Waals surface area contributed by atoms with Crippen molar-refractivity contribution < 1.29 is 18.0 Å². The summed E-state index contributed by atoms with van der Waals surface area (Å²) in [6.45, 7) is 7.52. The molecule has 0 saturated carbocycles. The maximum Gasteiger partial charge on any atom is 0.435 e. The number of allylic oxidation sites excluding steroid dienone is 1. The van der Waals surface area contributed by atoms with Gasteiger partial charge in [0, 0.05) is 35.6 Å². The Labute approximate surface area is 201 Å². The first-order valence-electron chi connectivity index (χ1n) is 11.5. The molecular weight excluding hydrogens is 455 g/mol. The van der Waals surface area contributed by atoms with E-state index in [0.717, 1.165) is 16.7 Å². The lowest BCUT2D eigenvalue weighted by molar-refractivity contribution is -0.120. The Morgan fingerprint density at radius 3 is 2.66 bits per heavy atom. The number of benzene rings is 1. The number of aromatic nitrogens is 1. The van der Waals surface area contributed by atoms with Crippen molar-refractivity contribution in [3.05, 3.63) is 76.4 Å². The van der Waals surface area contributed by atoms with Crippen molar-refractivity contribution in [2.24, 2.45) is 10.2 Å². The number of amides is 1. The molecule has 9 heteroatoms. The number of nitrogens with zero attached hydrogens (tertiary/aromatic N) is 3. The van der Waals surface area contributed by atoms with Crippen LogP contribution in [0.4, 0.5) is 13.2 Å². The third-order valence-electron chi connectivity index (χ3n) is 7.08. The second kappa shape index (κ2) is 7.76. The maximum atomic E-state index is 14.2. The van der Waals surface area contributed by atoms with Gasteiger partial charge >= 0.3 is 6.18 Å². The number of hydrogen-bond donors (Lipinski definition) is 2. The predicted molar refractivity (Wildman–Crippen MR) is 125 cm³/mol. The van der Waals surface area contributed by atoms with E-state index in [4.69, 9.17) is 0 Å². The van der Waals surface area contributed by atoms with Crippen LogP contribution in [0.3, 0.4) is 0 Å². The Morgan fingerprint density at radius 2 is 1.97 bits per heavy atom. The van der Waals surface area contributed by atoms with Gasteiger partial charge in [-0.3, -0.25) is 9.78 Å². The molecule has 0 radical (unpaired) electrons. The van der Waals surface area contributed by atoms with Crippen LogP contribution >= 0.6 is 0 Å². The van der Waals surface area contributed by atoms with E-state index in [0.29, 0.717) is 23.3 Å². The number of azo groups is 1. The molecule has 2 aromatic rings. The first-order chi connectivity index (χ1) is 16.5. The normalized spacial score (nSPS) is 25.2. The summed E-state index contributed by atoms with van der Waals surface area (Å²) < 4.78 is 42.6. The maximum absolute atomic E-state index is 14.2. The summed E-state index contributed by atoms with van der Waals surface area (Å²) in [5.74, 6) is -0.379. The zero-order chi connectivity index (χ0) is 25.2. The topological polar surface area (TPSA) is 78.7 Å². The largest absolute Gasteiger partial charge is 0.435 e. The third kappa shape index (κ3) is 3.56. The molecule has 1 aromatic carbocycles. The summed E-state index contributed by atoms with van der Waals surface area (Å²) in [5.41, 5.74) is 1.27. The molecule has 0 aliphatic carbocycles. The van der Waals surface area contributed by atoms with Crippen LogP contribution in [-0.4, -0.2) is 28.8 Å². The van der Waals surface area contributed by atoms with Crippen LogP contribution in [0.25, 0.3) is 11.1 Å². The van der Waals surface area contributed by atoms with E-state index in [1.807, 2.05) is 52.0 Å². The predicted octanol–water partition coefficient (Wildman–Crippen LogP) is 5.47. The molecule has 182 valence electrons. The number of halogens is 3. The summed E-state index contributed by atoms with van der Waals surface area (Å²) in [5, 5.41) is 13.7. The minimum atomic E-state index is -4.71. The molecule has 5 rings (SSSR count). The Balaban J connectivity index is 1.83. The fourth-order valence-corrected chi connectivity index (χ4v) is 5.68. The molecule has 3 aliphatic heterocycles. The van der Waals surface area contributed by atoms with E-state index in [2.05, 4.69) is 25.8 Å². The minimum Gasteiger partial charge on any atom is -0.362 e. The SMILES string of the molecule is CC[C@]1(c2cccc(-c3ccncc3C)c2)C2=C(CC(C)(C)NC2=O)NC2N=NC(C(F)(F)F)=C21. The lowest BCUT2D eigenvalue weighted by Gasteiger charge is -2.48. The van der Waals surface area contributed by atoms with Crippen molar-refractivity contribution in [3.63, 3.8) is 0 Å². The van der Waals surface area contributed by atoms with Crippen molar-refractivity contribution >= 4 is 5.91 Å². The summed E-state index contributed by atoms with van der Waals surface area (Å²) >= 11 is 0. The van der Waals surface area contributed by atoms with Crippen molar-refractivity contribution in [1.29, 1.82) is 0 Å². The van der Waals surface area contributed by atoms with Gasteiger partial charge in [0.25, 0.3) is 5.91 Å². The molecule has 6 nitrogen and oxygen atoms in total. The molecule has 0 bridgehead atoms. The Morgan fingerprint density at radius 1 is 1.20 bits per heavy atom. The molecular formula is C26H26F3N5O. The molecule has 2 N–H and O–H groups in total. The highest BCUT2D eigenvalue weighted by atomic mass is 19.4. The number of alkyl halides is 3. The van der Waals surface area contributed by atoms with E-state index in [9.17, 15) is 18.0 Å². The van der Waals surface area contributed by atoms with Crippen LogP contribution in [0.5, 0.6) is 0 Å². The Bertz CT molecular complexity index is 1320. The molecule has 4 heterocycles. The van der Waals surface area contributed by atoms with Gasteiger partial charge in [0.15, 0.2) is 11.9 Å². The molecule has 0 saturated heterocycles. The van der Waals surface area contributed by atoms with Crippen LogP contribution < -0.4 is 10.6 Å². The summed E-state index contributed by atoms with van der Waals surface area (Å²) in [6, 6.07) is 9.28. The molecule has 1 amide bonds. The lowest BCUT2D eigenvalue weighted by Crippen LogP contribution is -2.58. The molecule has 0 spiro atoms. The van der Waals surface area contributed by atoms with Gasteiger partial charge in [-0.25, -0.2) is 0 Å². The van der Waals surface area contributed by atoms with Crippen molar-refractivity contribution in [2.45, 2.75) is 63.8 Å². The molecule has 3 aliphatic rings. The van der Waals surface area contributed by atoms with Gasteiger partial charge in [-0.1, -0.05) is 25.1 Å². The summed E-state index contributed by atoms with van der Waals surface area (Å²) in [6.07, 6.45) is -1.60. The fraction of sp³-hybridized carbons (Fsp3) is 0.385. The average Bonchev–Trinajstić information content (AvgIpc) is 3.22. The van der Waals surface area contributed by atoms with Gasteiger partial charge in [-0.15, -0.1) is 5.11 Å². The second-order valence-electron chi connectivity index (χ2n) is 9.92. The van der Waals surface area contributed by atoms with E-state index >= 15 is 0 Å². The number of fused-ring (bicyclic) bond motifs is 1. The highest BCUT2D eigenvalue weighted by molar-refractivity contribution is 6.00. The van der Waals surface area contributed by atoms with Crippen molar-refractivity contribution in [1.82, 2.24) is 15.6 Å². The van der Waals surface area contributed by atoms with Crippen LogP contribution in [0.2, 0.25) is 0 Å².